The van der Waals surface area contributed by atoms with Gasteiger partial charge >= 0.3 is 0 Å². The van der Waals surface area contributed by atoms with Gasteiger partial charge in [-0.05, 0) is 43.7 Å². The monoisotopic (exact) mass is 539 g/mol. The van der Waals surface area contributed by atoms with E-state index in [2.05, 4.69) is 75.9 Å². The molecular weight excluding hydrogens is 501 g/mol. The van der Waals surface area contributed by atoms with Crippen LogP contribution in [0.1, 0.15) is 56.0 Å². The molecule has 7 heteroatoms. The van der Waals surface area contributed by atoms with Crippen molar-refractivity contribution < 1.29 is 4.52 Å². The van der Waals surface area contributed by atoms with Crippen LogP contribution in [-0.2, 0) is 13.0 Å². The molecule has 1 aliphatic heterocycles. The highest BCUT2D eigenvalue weighted by atomic mass is 127. The first-order valence-electron chi connectivity index (χ1n) is 11.4. The molecule has 1 saturated heterocycles. The number of hydrogen-bond donors (Lipinski definition) is 2. The van der Waals surface area contributed by atoms with Crippen LogP contribution in [0.4, 0.5) is 0 Å². The average Bonchev–Trinajstić information content (AvgIpc) is 3.44. The Kier molecular flexibility index (Phi) is 11.4. The van der Waals surface area contributed by atoms with E-state index in [1.165, 1.54) is 18.5 Å². The maximum absolute atomic E-state index is 5.50. The van der Waals surface area contributed by atoms with Gasteiger partial charge in [0.2, 0.25) is 0 Å². The minimum atomic E-state index is 0. The lowest BCUT2D eigenvalue weighted by Crippen LogP contribution is -2.39. The molecule has 1 unspecified atom stereocenters. The Morgan fingerprint density at radius 2 is 2.00 bits per heavy atom. The molecule has 1 atom stereocenters. The molecule has 0 saturated carbocycles. The molecule has 31 heavy (non-hydrogen) atoms. The largest absolute Gasteiger partial charge is 0.359 e. The lowest BCUT2D eigenvalue weighted by atomic mass is 9.99. The highest BCUT2D eigenvalue weighted by Gasteiger charge is 2.22. The van der Waals surface area contributed by atoms with Gasteiger partial charge in [-0.1, -0.05) is 49.3 Å². The third kappa shape index (κ3) is 8.11. The number of hydrogen-bond acceptors (Lipinski definition) is 4. The van der Waals surface area contributed by atoms with Gasteiger partial charge in [-0.3, -0.25) is 4.99 Å². The van der Waals surface area contributed by atoms with E-state index in [1.807, 2.05) is 7.05 Å². The van der Waals surface area contributed by atoms with Gasteiger partial charge in [0.25, 0.3) is 0 Å². The average molecular weight is 540 g/mol. The van der Waals surface area contributed by atoms with E-state index in [1.54, 1.807) is 0 Å². The van der Waals surface area contributed by atoms with Gasteiger partial charge in [-0.15, -0.1) is 24.0 Å². The van der Waals surface area contributed by atoms with E-state index in [0.29, 0.717) is 18.4 Å². The van der Waals surface area contributed by atoms with Crippen LogP contribution in [-0.4, -0.2) is 49.2 Å². The number of nitrogens with zero attached hydrogens (tertiary/aromatic N) is 3. The smallest absolute Gasteiger partial charge is 0.191 e. The summed E-state index contributed by atoms with van der Waals surface area (Å²) in [7, 11) is 1.81. The number of likely N-dealkylation sites (tertiary alicyclic amines) is 1. The number of nitrogens with one attached hydrogen (secondary N) is 2. The number of rotatable bonds is 10. The minimum absolute atomic E-state index is 0. The van der Waals surface area contributed by atoms with Crippen LogP contribution in [0, 0.1) is 5.92 Å². The van der Waals surface area contributed by atoms with E-state index in [9.17, 15) is 0 Å². The predicted octanol–water partition coefficient (Wildman–Crippen LogP) is 4.43. The number of benzene rings is 1. The Labute approximate surface area is 204 Å². The summed E-state index contributed by atoms with van der Waals surface area (Å²) in [4.78, 5) is 6.92. The second kappa shape index (κ2) is 13.7. The molecule has 1 aromatic heterocycles. The minimum Gasteiger partial charge on any atom is -0.359 e. The molecule has 1 aliphatic rings. The fourth-order valence-corrected chi connectivity index (χ4v) is 4.16. The van der Waals surface area contributed by atoms with Crippen LogP contribution in [0.5, 0.6) is 0 Å². The lowest BCUT2D eigenvalue weighted by molar-refractivity contribution is 0.328. The van der Waals surface area contributed by atoms with Crippen molar-refractivity contribution in [2.45, 2.75) is 52.0 Å². The Morgan fingerprint density at radius 3 is 2.71 bits per heavy atom. The van der Waals surface area contributed by atoms with Crippen molar-refractivity contribution in [2.75, 3.05) is 33.2 Å². The molecule has 0 spiro atoms. The Balaban J connectivity index is 0.00000341. The molecule has 172 valence electrons. The normalized spacial score (nSPS) is 17.0. The SMILES string of the molecule is CCC(CC)c1cc(CNC(=NC)NCC2CCN(CCc3ccccc3)C2)on1.I. The molecule has 2 heterocycles. The summed E-state index contributed by atoms with van der Waals surface area (Å²) in [6, 6.07) is 12.8. The van der Waals surface area contributed by atoms with Crippen LogP contribution < -0.4 is 10.6 Å². The van der Waals surface area contributed by atoms with Gasteiger partial charge in [0.15, 0.2) is 11.7 Å². The van der Waals surface area contributed by atoms with Crippen LogP contribution in [0.15, 0.2) is 45.9 Å². The van der Waals surface area contributed by atoms with Crippen molar-refractivity contribution in [1.82, 2.24) is 20.7 Å². The molecule has 0 aliphatic carbocycles. The number of halogens is 1. The van der Waals surface area contributed by atoms with Gasteiger partial charge in [-0.2, -0.15) is 0 Å². The first-order chi connectivity index (χ1) is 14.7. The van der Waals surface area contributed by atoms with Crippen molar-refractivity contribution >= 4 is 29.9 Å². The summed E-state index contributed by atoms with van der Waals surface area (Å²) in [6.45, 7) is 9.39. The molecule has 0 radical (unpaired) electrons. The molecular formula is C24H38IN5O. The molecule has 2 N–H and O–H groups in total. The summed E-state index contributed by atoms with van der Waals surface area (Å²) >= 11 is 0. The van der Waals surface area contributed by atoms with Gasteiger partial charge in [0.1, 0.15) is 0 Å². The summed E-state index contributed by atoms with van der Waals surface area (Å²) in [5.41, 5.74) is 2.48. The van der Waals surface area contributed by atoms with Crippen LogP contribution in [0.2, 0.25) is 0 Å². The highest BCUT2D eigenvalue weighted by molar-refractivity contribution is 14.0. The first-order valence-corrected chi connectivity index (χ1v) is 11.4. The summed E-state index contributed by atoms with van der Waals surface area (Å²) < 4.78 is 5.50. The molecule has 1 fully saturated rings. The molecule has 6 nitrogen and oxygen atoms in total. The van der Waals surface area contributed by atoms with E-state index in [-0.39, 0.29) is 24.0 Å². The molecule has 2 aromatic rings. The van der Waals surface area contributed by atoms with Gasteiger partial charge in [0.05, 0.1) is 12.2 Å². The molecule has 0 bridgehead atoms. The Morgan fingerprint density at radius 1 is 1.23 bits per heavy atom. The quantitative estimate of drug-likeness (QED) is 0.266. The Bertz CT molecular complexity index is 775. The predicted molar refractivity (Wildman–Crippen MR) is 138 cm³/mol. The van der Waals surface area contributed by atoms with Gasteiger partial charge < -0.3 is 20.1 Å². The zero-order chi connectivity index (χ0) is 21.2. The fourth-order valence-electron chi connectivity index (χ4n) is 4.16. The second-order valence-electron chi connectivity index (χ2n) is 8.23. The molecule has 0 amide bonds. The standard InChI is InChI=1S/C24H37N5O.HI/c1-4-21(5-2)23-15-22(30-28-23)17-27-24(25-3)26-16-20-12-14-29(18-20)13-11-19-9-7-6-8-10-19;/h6-10,15,20-21H,4-5,11-14,16-18H2,1-3H3,(H2,25,26,27);1H. The highest BCUT2D eigenvalue weighted by Crippen LogP contribution is 2.22. The maximum atomic E-state index is 5.50. The first kappa shape index (κ1) is 25.6. The summed E-state index contributed by atoms with van der Waals surface area (Å²) in [6.07, 6.45) is 4.53. The third-order valence-electron chi connectivity index (χ3n) is 6.12. The van der Waals surface area contributed by atoms with Crippen LogP contribution in [0.3, 0.4) is 0 Å². The molecule has 3 rings (SSSR count). The number of guanidine groups is 1. The van der Waals surface area contributed by atoms with Crippen LogP contribution in [0.25, 0.3) is 0 Å². The van der Waals surface area contributed by atoms with Crippen molar-refractivity contribution in [1.29, 1.82) is 0 Å². The topological polar surface area (TPSA) is 65.7 Å². The third-order valence-corrected chi connectivity index (χ3v) is 6.12. The van der Waals surface area contributed by atoms with Crippen LogP contribution >= 0.6 is 24.0 Å². The summed E-state index contributed by atoms with van der Waals surface area (Å²) in [5.74, 6) is 2.81. The second-order valence-corrected chi connectivity index (χ2v) is 8.23. The van der Waals surface area contributed by atoms with Crippen molar-refractivity contribution in [3.8, 4) is 0 Å². The number of aromatic nitrogens is 1. The van der Waals surface area contributed by atoms with Gasteiger partial charge in [0, 0.05) is 38.7 Å². The van der Waals surface area contributed by atoms with Crippen molar-refractivity contribution in [3.05, 3.63) is 53.4 Å². The van der Waals surface area contributed by atoms with E-state index in [4.69, 9.17) is 4.52 Å². The Hall–Kier alpha value is -1.61. The zero-order valence-corrected chi connectivity index (χ0v) is 21.5. The van der Waals surface area contributed by atoms with Gasteiger partial charge in [-0.25, -0.2) is 0 Å². The zero-order valence-electron chi connectivity index (χ0n) is 19.1. The maximum Gasteiger partial charge on any atom is 0.191 e. The van der Waals surface area contributed by atoms with Crippen molar-refractivity contribution in [3.63, 3.8) is 0 Å². The number of aliphatic imine (C=N–C) groups is 1. The fraction of sp³-hybridized carbons (Fsp3) is 0.583. The lowest BCUT2D eigenvalue weighted by Gasteiger charge is -2.17. The van der Waals surface area contributed by atoms with E-state index >= 15 is 0 Å². The summed E-state index contributed by atoms with van der Waals surface area (Å²) in [5, 5.41) is 11.1. The van der Waals surface area contributed by atoms with Crippen molar-refractivity contribution in [2.24, 2.45) is 10.9 Å². The van der Waals surface area contributed by atoms with E-state index < -0.39 is 0 Å². The van der Waals surface area contributed by atoms with E-state index in [0.717, 1.165) is 56.3 Å². The molecule has 1 aromatic carbocycles.